The van der Waals surface area contributed by atoms with Gasteiger partial charge in [0.15, 0.2) is 5.11 Å². The van der Waals surface area contributed by atoms with E-state index in [0.717, 1.165) is 27.9 Å². The normalized spacial score (nSPS) is 18.5. The van der Waals surface area contributed by atoms with E-state index in [4.69, 9.17) is 17.0 Å². The highest BCUT2D eigenvalue weighted by molar-refractivity contribution is 9.10. The molecule has 120 valence electrons. The lowest BCUT2D eigenvalue weighted by Crippen LogP contribution is -2.42. The van der Waals surface area contributed by atoms with Gasteiger partial charge in [-0.05, 0) is 56.4 Å². The van der Waals surface area contributed by atoms with E-state index in [9.17, 15) is 0 Å². The van der Waals surface area contributed by atoms with Crippen LogP contribution in [0.3, 0.4) is 0 Å². The molecule has 0 amide bonds. The highest BCUT2D eigenvalue weighted by atomic mass is 79.9. The fraction of sp³-hybridized carbons (Fsp3) is 0.278. The van der Waals surface area contributed by atoms with E-state index in [-0.39, 0.29) is 11.6 Å². The topological polar surface area (TPSA) is 33.3 Å². The maximum Gasteiger partial charge on any atom is 0.171 e. The van der Waals surface area contributed by atoms with Crippen molar-refractivity contribution in [3.63, 3.8) is 0 Å². The third kappa shape index (κ3) is 4.03. The minimum Gasteiger partial charge on any atom is -0.487 e. The molecule has 1 atom stereocenters. The molecule has 0 bridgehead atoms. The van der Waals surface area contributed by atoms with Crippen molar-refractivity contribution >= 4 is 38.9 Å². The first-order chi connectivity index (χ1) is 10.9. The Hall–Kier alpha value is -1.59. The summed E-state index contributed by atoms with van der Waals surface area (Å²) in [5.41, 5.74) is 1.89. The Morgan fingerprint density at radius 2 is 1.87 bits per heavy atom. The second kappa shape index (κ2) is 6.49. The van der Waals surface area contributed by atoms with Gasteiger partial charge in [0.2, 0.25) is 0 Å². The predicted octanol–water partition coefficient (Wildman–Crippen LogP) is 5.04. The van der Waals surface area contributed by atoms with Crippen LogP contribution < -0.4 is 15.4 Å². The van der Waals surface area contributed by atoms with Crippen LogP contribution in [-0.2, 0) is 0 Å². The summed E-state index contributed by atoms with van der Waals surface area (Å²) >= 11 is 8.91. The van der Waals surface area contributed by atoms with Crippen LogP contribution in [0.15, 0.2) is 53.0 Å². The molecule has 2 N–H and O–H groups in total. The average molecular weight is 391 g/mol. The van der Waals surface area contributed by atoms with E-state index in [1.807, 2.05) is 42.5 Å². The molecule has 0 aromatic heterocycles. The standard InChI is InChI=1S/C18H19BrN2OS/c1-18(2)11-15(14-5-3-4-6-16(14)22-18)21-17(23)20-13-9-7-12(19)8-10-13/h3-10,15H,11H2,1-2H3,(H2,20,21,23)/t15-/m1/s1. The molecule has 1 heterocycles. The van der Waals surface area contributed by atoms with Gasteiger partial charge in [0.25, 0.3) is 0 Å². The lowest BCUT2D eigenvalue weighted by Gasteiger charge is -2.38. The molecular formula is C18H19BrN2OS. The number of ether oxygens (including phenoxy) is 1. The molecule has 0 spiro atoms. The molecule has 0 fully saturated rings. The van der Waals surface area contributed by atoms with E-state index in [2.05, 4.69) is 46.5 Å². The van der Waals surface area contributed by atoms with Gasteiger partial charge in [-0.1, -0.05) is 34.1 Å². The number of thiocarbonyl (C=S) groups is 1. The SMILES string of the molecule is CC1(C)C[C@@H](NC(=S)Nc2ccc(Br)cc2)c2ccccc2O1. The van der Waals surface area contributed by atoms with Gasteiger partial charge in [-0.3, -0.25) is 0 Å². The average Bonchev–Trinajstić information content (AvgIpc) is 2.48. The minimum absolute atomic E-state index is 0.130. The van der Waals surface area contributed by atoms with Gasteiger partial charge >= 0.3 is 0 Å². The Balaban J connectivity index is 1.74. The van der Waals surface area contributed by atoms with Crippen LogP contribution in [-0.4, -0.2) is 10.7 Å². The molecule has 2 aromatic rings. The number of halogens is 1. The van der Waals surface area contributed by atoms with E-state index in [1.165, 1.54) is 0 Å². The molecule has 3 nitrogen and oxygen atoms in total. The van der Waals surface area contributed by atoms with E-state index in [1.54, 1.807) is 0 Å². The van der Waals surface area contributed by atoms with E-state index >= 15 is 0 Å². The van der Waals surface area contributed by atoms with Gasteiger partial charge in [-0.15, -0.1) is 0 Å². The van der Waals surface area contributed by atoms with Crippen LogP contribution in [0.1, 0.15) is 31.9 Å². The van der Waals surface area contributed by atoms with Crippen molar-refractivity contribution in [2.24, 2.45) is 0 Å². The lowest BCUT2D eigenvalue weighted by atomic mass is 9.90. The van der Waals surface area contributed by atoms with Gasteiger partial charge < -0.3 is 15.4 Å². The summed E-state index contributed by atoms with van der Waals surface area (Å²) in [6.07, 6.45) is 0.853. The number of hydrogen-bond donors (Lipinski definition) is 2. The third-order valence-electron chi connectivity index (χ3n) is 3.78. The second-order valence-electron chi connectivity index (χ2n) is 6.26. The van der Waals surface area contributed by atoms with Gasteiger partial charge in [0.05, 0.1) is 6.04 Å². The molecule has 0 aliphatic carbocycles. The maximum absolute atomic E-state index is 6.05. The first kappa shape index (κ1) is 16.3. The van der Waals surface area contributed by atoms with Crippen LogP contribution in [0, 0.1) is 0 Å². The van der Waals surface area contributed by atoms with Crippen LogP contribution >= 0.6 is 28.1 Å². The smallest absolute Gasteiger partial charge is 0.171 e. The number of rotatable bonds is 2. The lowest BCUT2D eigenvalue weighted by molar-refractivity contribution is 0.0697. The minimum atomic E-state index is -0.223. The van der Waals surface area contributed by atoms with Crippen LogP contribution in [0.2, 0.25) is 0 Å². The summed E-state index contributed by atoms with van der Waals surface area (Å²) in [5, 5.41) is 7.27. The molecule has 0 radical (unpaired) electrons. The third-order valence-corrected chi connectivity index (χ3v) is 4.53. The zero-order valence-corrected chi connectivity index (χ0v) is 15.5. The molecule has 1 aliphatic rings. The Labute approximate surface area is 150 Å². The van der Waals surface area contributed by atoms with Crippen molar-refractivity contribution < 1.29 is 4.74 Å². The molecule has 3 rings (SSSR count). The highest BCUT2D eigenvalue weighted by Gasteiger charge is 2.33. The number of hydrogen-bond acceptors (Lipinski definition) is 2. The molecule has 23 heavy (non-hydrogen) atoms. The van der Waals surface area contributed by atoms with E-state index < -0.39 is 0 Å². The first-order valence-electron chi connectivity index (χ1n) is 7.54. The molecule has 0 saturated carbocycles. The Morgan fingerprint density at radius 3 is 2.61 bits per heavy atom. The highest BCUT2D eigenvalue weighted by Crippen LogP contribution is 2.39. The Kier molecular flexibility index (Phi) is 4.60. The van der Waals surface area contributed by atoms with Crippen molar-refractivity contribution in [1.29, 1.82) is 0 Å². The molecule has 5 heteroatoms. The van der Waals surface area contributed by atoms with Crippen molar-refractivity contribution in [2.45, 2.75) is 31.9 Å². The molecule has 0 saturated heterocycles. The summed E-state index contributed by atoms with van der Waals surface area (Å²) in [4.78, 5) is 0. The summed E-state index contributed by atoms with van der Waals surface area (Å²) in [6.45, 7) is 4.20. The number of benzene rings is 2. The quantitative estimate of drug-likeness (QED) is 0.703. The van der Waals surface area contributed by atoms with Crippen molar-refractivity contribution in [1.82, 2.24) is 5.32 Å². The second-order valence-corrected chi connectivity index (χ2v) is 7.59. The van der Waals surface area contributed by atoms with Crippen LogP contribution in [0.4, 0.5) is 5.69 Å². The molecule has 1 aliphatic heterocycles. The van der Waals surface area contributed by atoms with Crippen molar-refractivity contribution in [3.8, 4) is 5.75 Å². The number of fused-ring (bicyclic) bond motifs is 1. The molecular weight excluding hydrogens is 372 g/mol. The fourth-order valence-corrected chi connectivity index (χ4v) is 3.31. The summed E-state index contributed by atoms with van der Waals surface area (Å²) in [6, 6.07) is 16.2. The first-order valence-corrected chi connectivity index (χ1v) is 8.74. The van der Waals surface area contributed by atoms with Crippen LogP contribution in [0.5, 0.6) is 5.75 Å². The largest absolute Gasteiger partial charge is 0.487 e. The number of anilines is 1. The zero-order valence-electron chi connectivity index (χ0n) is 13.1. The number of para-hydroxylation sites is 1. The predicted molar refractivity (Wildman–Crippen MR) is 102 cm³/mol. The summed E-state index contributed by atoms with van der Waals surface area (Å²) < 4.78 is 7.10. The van der Waals surface area contributed by atoms with E-state index in [0.29, 0.717) is 5.11 Å². The van der Waals surface area contributed by atoms with Crippen molar-refractivity contribution in [3.05, 3.63) is 58.6 Å². The van der Waals surface area contributed by atoms with Gasteiger partial charge in [0, 0.05) is 22.1 Å². The maximum atomic E-state index is 6.05. The molecule has 2 aromatic carbocycles. The molecule has 0 unspecified atom stereocenters. The fourth-order valence-electron chi connectivity index (χ4n) is 2.79. The van der Waals surface area contributed by atoms with Gasteiger partial charge in [-0.2, -0.15) is 0 Å². The van der Waals surface area contributed by atoms with Crippen LogP contribution in [0.25, 0.3) is 0 Å². The monoisotopic (exact) mass is 390 g/mol. The van der Waals surface area contributed by atoms with Crippen molar-refractivity contribution in [2.75, 3.05) is 5.32 Å². The number of nitrogens with one attached hydrogen (secondary N) is 2. The Morgan fingerprint density at radius 1 is 1.17 bits per heavy atom. The van der Waals surface area contributed by atoms with Gasteiger partial charge in [0.1, 0.15) is 11.4 Å². The Bertz CT molecular complexity index is 715. The summed E-state index contributed by atoms with van der Waals surface area (Å²) in [5.74, 6) is 0.924. The zero-order chi connectivity index (χ0) is 16.4. The van der Waals surface area contributed by atoms with Gasteiger partial charge in [-0.25, -0.2) is 0 Å². The summed E-state index contributed by atoms with van der Waals surface area (Å²) in [7, 11) is 0.